The van der Waals surface area contributed by atoms with E-state index in [1.54, 1.807) is 0 Å². The first-order valence-electron chi connectivity index (χ1n) is 5.46. The second kappa shape index (κ2) is 3.34. The molecule has 0 saturated carbocycles. The van der Waals surface area contributed by atoms with E-state index >= 15 is 0 Å². The Kier molecular flexibility index (Phi) is 2.30. The molecule has 3 fully saturated rings. The van der Waals surface area contributed by atoms with Gasteiger partial charge in [-0.25, -0.2) is 0 Å². The zero-order valence-corrected chi connectivity index (χ0v) is 9.87. The number of aliphatic hydroxyl groups excluding tert-OH is 1. The summed E-state index contributed by atoms with van der Waals surface area (Å²) in [5.74, 6) is 0.583. The lowest BCUT2D eigenvalue weighted by Gasteiger charge is -2.38. The van der Waals surface area contributed by atoms with E-state index in [0.717, 1.165) is 18.8 Å². The zero-order valence-electron chi connectivity index (χ0n) is 9.05. The molecule has 1 N–H and O–H groups in total. The van der Waals surface area contributed by atoms with E-state index < -0.39 is 11.9 Å². The molecule has 3 rings (SSSR count). The molecule has 5 heteroatoms. The van der Waals surface area contributed by atoms with Crippen molar-refractivity contribution >= 4 is 11.8 Å². The summed E-state index contributed by atoms with van der Waals surface area (Å²) in [4.78, 5) is 2.31. The monoisotopic (exact) mass is 231 g/mol. The van der Waals surface area contributed by atoms with Crippen LogP contribution in [0.4, 0.5) is 0 Å². The van der Waals surface area contributed by atoms with Gasteiger partial charge in [0.25, 0.3) is 0 Å². The standard InChI is InChI=1S/C10H17NO3S/c1-10(2)13-7-6(12)5-11-3-4-15-9(11)8(7)14-10/h6-9,12H,3-5H2,1-2H3/t6-,7-,8-,9+/m1/s1. The van der Waals surface area contributed by atoms with Crippen LogP contribution in [-0.4, -0.2) is 58.3 Å². The molecule has 0 aromatic heterocycles. The van der Waals surface area contributed by atoms with Gasteiger partial charge in [0.2, 0.25) is 0 Å². The van der Waals surface area contributed by atoms with Crippen molar-refractivity contribution in [1.29, 1.82) is 0 Å². The van der Waals surface area contributed by atoms with Crippen molar-refractivity contribution in [1.82, 2.24) is 4.90 Å². The number of piperidine rings is 1. The lowest BCUT2D eigenvalue weighted by molar-refractivity contribution is -0.152. The summed E-state index contributed by atoms with van der Waals surface area (Å²) in [6.07, 6.45) is -0.533. The Bertz CT molecular complexity index is 273. The highest BCUT2D eigenvalue weighted by Crippen LogP contribution is 2.42. The summed E-state index contributed by atoms with van der Waals surface area (Å²) < 4.78 is 11.7. The molecule has 0 aliphatic carbocycles. The zero-order chi connectivity index (χ0) is 10.6. The predicted octanol–water partition coefficient (Wildman–Crippen LogP) is 0.256. The molecule has 0 radical (unpaired) electrons. The van der Waals surface area contributed by atoms with Crippen LogP contribution >= 0.6 is 11.8 Å². The Labute approximate surface area is 93.9 Å². The maximum atomic E-state index is 10.0. The van der Waals surface area contributed by atoms with Crippen molar-refractivity contribution in [2.45, 2.75) is 43.3 Å². The van der Waals surface area contributed by atoms with Crippen LogP contribution in [-0.2, 0) is 9.47 Å². The largest absolute Gasteiger partial charge is 0.389 e. The van der Waals surface area contributed by atoms with Gasteiger partial charge in [-0.3, -0.25) is 4.90 Å². The Balaban J connectivity index is 1.85. The van der Waals surface area contributed by atoms with Gasteiger partial charge >= 0.3 is 0 Å². The van der Waals surface area contributed by atoms with Gasteiger partial charge in [-0.05, 0) is 13.8 Å². The van der Waals surface area contributed by atoms with E-state index in [4.69, 9.17) is 9.47 Å². The molecule has 3 heterocycles. The Morgan fingerprint density at radius 1 is 1.33 bits per heavy atom. The molecule has 86 valence electrons. The lowest BCUT2D eigenvalue weighted by atomic mass is 10.0. The van der Waals surface area contributed by atoms with Gasteiger partial charge in [-0.2, -0.15) is 0 Å². The fourth-order valence-corrected chi connectivity index (χ4v) is 4.08. The summed E-state index contributed by atoms with van der Waals surface area (Å²) in [5, 5.41) is 10.4. The third-order valence-corrected chi connectivity index (χ3v) is 4.60. The van der Waals surface area contributed by atoms with Crippen molar-refractivity contribution in [3.05, 3.63) is 0 Å². The van der Waals surface area contributed by atoms with Gasteiger partial charge in [0.15, 0.2) is 5.79 Å². The minimum absolute atomic E-state index is 0.0243. The second-order valence-corrected chi connectivity index (χ2v) is 6.11. The maximum Gasteiger partial charge on any atom is 0.164 e. The molecule has 0 aromatic rings. The number of nitrogens with zero attached hydrogens (tertiary/aromatic N) is 1. The fraction of sp³-hybridized carbons (Fsp3) is 1.00. The van der Waals surface area contributed by atoms with Gasteiger partial charge < -0.3 is 14.6 Å². The summed E-state index contributed by atoms with van der Waals surface area (Å²) in [6, 6.07) is 0. The first-order chi connectivity index (χ1) is 7.07. The number of hydrogen-bond acceptors (Lipinski definition) is 5. The van der Waals surface area contributed by atoms with Gasteiger partial charge in [0, 0.05) is 18.8 Å². The molecule has 3 aliphatic rings. The van der Waals surface area contributed by atoms with Crippen molar-refractivity contribution in [3.8, 4) is 0 Å². The van der Waals surface area contributed by atoms with Crippen LogP contribution in [0, 0.1) is 0 Å². The SMILES string of the molecule is CC1(C)O[C@@H]2[C@H](O1)[C@H](O)CN1CCS[C@@H]21. The minimum atomic E-state index is -0.546. The van der Waals surface area contributed by atoms with E-state index in [0.29, 0.717) is 5.37 Å². The van der Waals surface area contributed by atoms with Crippen molar-refractivity contribution in [3.63, 3.8) is 0 Å². The Morgan fingerprint density at radius 2 is 2.07 bits per heavy atom. The van der Waals surface area contributed by atoms with Crippen molar-refractivity contribution in [2.75, 3.05) is 18.8 Å². The van der Waals surface area contributed by atoms with Gasteiger partial charge in [0.05, 0.1) is 11.5 Å². The summed E-state index contributed by atoms with van der Waals surface area (Å²) in [5.41, 5.74) is 0. The molecule has 3 aliphatic heterocycles. The Hall–Kier alpha value is 0.190. The van der Waals surface area contributed by atoms with Crippen LogP contribution in [0.2, 0.25) is 0 Å². The van der Waals surface area contributed by atoms with Gasteiger partial charge in [-0.1, -0.05) is 0 Å². The Morgan fingerprint density at radius 3 is 2.87 bits per heavy atom. The molecule has 0 aromatic carbocycles. The summed E-state index contributed by atoms with van der Waals surface area (Å²) in [7, 11) is 0. The third-order valence-electron chi connectivity index (χ3n) is 3.27. The molecule has 0 bridgehead atoms. The minimum Gasteiger partial charge on any atom is -0.389 e. The maximum absolute atomic E-state index is 10.0. The predicted molar refractivity (Wildman–Crippen MR) is 57.7 cm³/mol. The van der Waals surface area contributed by atoms with Crippen LogP contribution in [0.1, 0.15) is 13.8 Å². The molecule has 4 atom stereocenters. The topological polar surface area (TPSA) is 41.9 Å². The molecular formula is C10H17NO3S. The highest BCUT2D eigenvalue weighted by atomic mass is 32.2. The van der Waals surface area contributed by atoms with E-state index in [-0.39, 0.29) is 12.2 Å². The third kappa shape index (κ3) is 1.61. The molecule has 3 saturated heterocycles. The molecule has 15 heavy (non-hydrogen) atoms. The van der Waals surface area contributed by atoms with E-state index in [1.807, 2.05) is 25.6 Å². The quantitative estimate of drug-likeness (QED) is 0.647. The summed E-state index contributed by atoms with van der Waals surface area (Å²) >= 11 is 1.92. The lowest BCUT2D eigenvalue weighted by Crippen LogP contribution is -2.56. The smallest absolute Gasteiger partial charge is 0.164 e. The van der Waals surface area contributed by atoms with Crippen LogP contribution in [0.5, 0.6) is 0 Å². The number of aliphatic hydroxyl groups is 1. The molecule has 0 amide bonds. The number of fused-ring (bicyclic) bond motifs is 3. The highest BCUT2D eigenvalue weighted by molar-refractivity contribution is 8.00. The highest BCUT2D eigenvalue weighted by Gasteiger charge is 2.54. The number of rotatable bonds is 0. The molecule has 4 nitrogen and oxygen atoms in total. The normalized spacial score (nSPS) is 49.0. The van der Waals surface area contributed by atoms with E-state index in [2.05, 4.69) is 4.90 Å². The first-order valence-corrected chi connectivity index (χ1v) is 6.51. The van der Waals surface area contributed by atoms with Crippen LogP contribution in [0.15, 0.2) is 0 Å². The van der Waals surface area contributed by atoms with Crippen LogP contribution in [0.3, 0.4) is 0 Å². The van der Waals surface area contributed by atoms with Gasteiger partial charge in [-0.15, -0.1) is 11.8 Å². The number of hydrogen-bond donors (Lipinski definition) is 1. The summed E-state index contributed by atoms with van der Waals surface area (Å²) in [6.45, 7) is 5.61. The van der Waals surface area contributed by atoms with Crippen LogP contribution in [0.25, 0.3) is 0 Å². The average Bonchev–Trinajstić information content (AvgIpc) is 2.67. The fourth-order valence-electron chi connectivity index (χ4n) is 2.70. The van der Waals surface area contributed by atoms with E-state index in [1.165, 1.54) is 0 Å². The van der Waals surface area contributed by atoms with Crippen molar-refractivity contribution in [2.24, 2.45) is 0 Å². The van der Waals surface area contributed by atoms with Crippen molar-refractivity contribution < 1.29 is 14.6 Å². The molecule has 0 unspecified atom stereocenters. The number of ether oxygens (including phenoxy) is 2. The molecule has 0 spiro atoms. The van der Waals surface area contributed by atoms with Crippen LogP contribution < -0.4 is 0 Å². The van der Waals surface area contributed by atoms with Gasteiger partial charge in [0.1, 0.15) is 12.2 Å². The number of thioether (sulfide) groups is 1. The molecular weight excluding hydrogens is 214 g/mol. The van der Waals surface area contributed by atoms with E-state index in [9.17, 15) is 5.11 Å². The second-order valence-electron chi connectivity index (χ2n) is 4.89. The first kappa shape index (κ1) is 10.4. The average molecular weight is 231 g/mol.